The quantitative estimate of drug-likeness (QED) is 0.892. The van der Waals surface area contributed by atoms with Crippen molar-refractivity contribution in [1.29, 1.82) is 0 Å². The number of carbonyl (C=O) groups is 1. The predicted molar refractivity (Wildman–Crippen MR) is 88.3 cm³/mol. The van der Waals surface area contributed by atoms with Crippen LogP contribution in [0.4, 0.5) is 0 Å². The highest BCUT2D eigenvalue weighted by atomic mass is 32.1. The first kappa shape index (κ1) is 15.7. The summed E-state index contributed by atoms with van der Waals surface area (Å²) >= 11 is 1.70. The van der Waals surface area contributed by atoms with Gasteiger partial charge in [-0.25, -0.2) is 0 Å². The van der Waals surface area contributed by atoms with Gasteiger partial charge in [-0.05, 0) is 23.9 Å². The van der Waals surface area contributed by atoms with Gasteiger partial charge in [-0.2, -0.15) is 0 Å². The Bertz CT molecular complexity index is 589. The molecule has 1 aromatic heterocycles. The highest BCUT2D eigenvalue weighted by Gasteiger charge is 2.32. The zero-order valence-corrected chi connectivity index (χ0v) is 13.5. The first-order valence-corrected chi connectivity index (χ1v) is 7.89. The van der Waals surface area contributed by atoms with Crippen molar-refractivity contribution in [2.24, 2.45) is 5.73 Å². The van der Waals surface area contributed by atoms with Crippen LogP contribution >= 0.6 is 11.3 Å². The lowest BCUT2D eigenvalue weighted by molar-refractivity contribution is -0.126. The maximum atomic E-state index is 12.4. The van der Waals surface area contributed by atoms with Crippen molar-refractivity contribution in [2.45, 2.75) is 31.7 Å². The van der Waals surface area contributed by atoms with Gasteiger partial charge in [0.2, 0.25) is 5.91 Å². The molecule has 3 nitrogen and oxygen atoms in total. The first-order chi connectivity index (χ1) is 9.84. The topological polar surface area (TPSA) is 55.1 Å². The van der Waals surface area contributed by atoms with Gasteiger partial charge >= 0.3 is 0 Å². The highest BCUT2D eigenvalue weighted by molar-refractivity contribution is 7.10. The fourth-order valence-corrected chi connectivity index (χ4v) is 3.00. The molecule has 0 aliphatic heterocycles. The number of nitrogens with one attached hydrogen (secondary N) is 1. The summed E-state index contributed by atoms with van der Waals surface area (Å²) < 4.78 is 0. The van der Waals surface area contributed by atoms with Crippen molar-refractivity contribution < 1.29 is 4.79 Å². The van der Waals surface area contributed by atoms with Crippen LogP contribution in [0.25, 0.3) is 0 Å². The van der Waals surface area contributed by atoms with Crippen LogP contribution in [0, 0.1) is 0 Å². The maximum absolute atomic E-state index is 12.4. The smallest absolute Gasteiger partial charge is 0.244 e. The van der Waals surface area contributed by atoms with Gasteiger partial charge < -0.3 is 11.1 Å². The van der Waals surface area contributed by atoms with Crippen LogP contribution in [0.1, 0.15) is 31.2 Å². The van der Waals surface area contributed by atoms with Crippen LogP contribution in [0.3, 0.4) is 0 Å². The standard InChI is InChI=1S/C17H22N2OS/c1-16(2,14-10-7-11-21-14)12-19-15(20)17(3,18)13-8-5-4-6-9-13/h4-11H,12,18H2,1-3H3,(H,19,20). The summed E-state index contributed by atoms with van der Waals surface area (Å²) in [6.45, 7) is 6.55. The fourth-order valence-electron chi connectivity index (χ4n) is 2.15. The minimum atomic E-state index is -1.02. The number of hydrogen-bond acceptors (Lipinski definition) is 3. The summed E-state index contributed by atoms with van der Waals surface area (Å²) in [5.74, 6) is -0.154. The average molecular weight is 302 g/mol. The number of nitrogens with two attached hydrogens (primary N) is 1. The summed E-state index contributed by atoms with van der Waals surface area (Å²) in [4.78, 5) is 13.7. The van der Waals surface area contributed by atoms with E-state index in [1.165, 1.54) is 4.88 Å². The second kappa shape index (κ2) is 6.00. The molecule has 0 aliphatic rings. The van der Waals surface area contributed by atoms with Crippen molar-refractivity contribution in [3.8, 4) is 0 Å². The van der Waals surface area contributed by atoms with E-state index in [4.69, 9.17) is 5.73 Å². The number of amides is 1. The number of benzene rings is 1. The molecule has 0 aliphatic carbocycles. The molecule has 1 heterocycles. The van der Waals surface area contributed by atoms with E-state index in [-0.39, 0.29) is 11.3 Å². The van der Waals surface area contributed by atoms with E-state index in [9.17, 15) is 4.79 Å². The van der Waals surface area contributed by atoms with Gasteiger partial charge in [-0.1, -0.05) is 50.2 Å². The van der Waals surface area contributed by atoms with Gasteiger partial charge in [0.1, 0.15) is 5.54 Å². The van der Waals surface area contributed by atoms with Crippen LogP contribution in [-0.4, -0.2) is 12.5 Å². The molecule has 0 spiro atoms. The zero-order valence-electron chi connectivity index (χ0n) is 12.7. The van der Waals surface area contributed by atoms with E-state index in [0.717, 1.165) is 5.56 Å². The lowest BCUT2D eigenvalue weighted by Gasteiger charge is -2.28. The van der Waals surface area contributed by atoms with Gasteiger partial charge in [0, 0.05) is 16.8 Å². The lowest BCUT2D eigenvalue weighted by Crippen LogP contribution is -2.51. The van der Waals surface area contributed by atoms with E-state index in [0.29, 0.717) is 6.54 Å². The lowest BCUT2D eigenvalue weighted by atomic mass is 9.89. The third kappa shape index (κ3) is 3.52. The van der Waals surface area contributed by atoms with Crippen molar-refractivity contribution in [3.63, 3.8) is 0 Å². The van der Waals surface area contributed by atoms with Crippen molar-refractivity contribution in [2.75, 3.05) is 6.54 Å². The van der Waals surface area contributed by atoms with Crippen LogP contribution in [0.2, 0.25) is 0 Å². The number of rotatable bonds is 5. The van der Waals surface area contributed by atoms with Crippen LogP contribution in [0.5, 0.6) is 0 Å². The van der Waals surface area contributed by atoms with Gasteiger partial charge in [0.15, 0.2) is 0 Å². The summed E-state index contributed by atoms with van der Waals surface area (Å²) in [5, 5.41) is 5.04. The largest absolute Gasteiger partial charge is 0.353 e. The number of thiophene rings is 1. The molecule has 112 valence electrons. The minimum absolute atomic E-state index is 0.101. The number of hydrogen-bond donors (Lipinski definition) is 2. The molecule has 1 atom stereocenters. The van der Waals surface area contributed by atoms with Crippen molar-refractivity contribution in [3.05, 3.63) is 58.3 Å². The van der Waals surface area contributed by atoms with Crippen molar-refractivity contribution in [1.82, 2.24) is 5.32 Å². The normalized spacial score (nSPS) is 14.5. The average Bonchev–Trinajstić information content (AvgIpc) is 3.00. The molecule has 21 heavy (non-hydrogen) atoms. The third-order valence-corrected chi connectivity index (χ3v) is 4.96. The van der Waals surface area contributed by atoms with E-state index in [2.05, 4.69) is 30.6 Å². The molecule has 2 aromatic rings. The summed E-state index contributed by atoms with van der Waals surface area (Å²) in [5.41, 5.74) is 5.91. The van der Waals surface area contributed by atoms with Gasteiger partial charge in [0.25, 0.3) is 0 Å². The van der Waals surface area contributed by atoms with E-state index >= 15 is 0 Å². The summed E-state index contributed by atoms with van der Waals surface area (Å²) in [6, 6.07) is 13.6. The second-order valence-electron chi connectivity index (χ2n) is 6.11. The molecule has 0 fully saturated rings. The zero-order chi connectivity index (χ0) is 15.5. The molecule has 0 saturated carbocycles. The minimum Gasteiger partial charge on any atom is -0.353 e. The molecule has 0 radical (unpaired) electrons. The molecule has 0 bridgehead atoms. The Morgan fingerprint density at radius 1 is 1.14 bits per heavy atom. The Hall–Kier alpha value is -1.65. The van der Waals surface area contributed by atoms with Gasteiger partial charge in [-0.15, -0.1) is 11.3 Å². The maximum Gasteiger partial charge on any atom is 0.244 e. The fraction of sp³-hybridized carbons (Fsp3) is 0.353. The van der Waals surface area contributed by atoms with E-state index in [1.807, 2.05) is 36.4 Å². The SMILES string of the molecule is CC(C)(CNC(=O)C(C)(N)c1ccccc1)c1cccs1. The van der Waals surface area contributed by atoms with Crippen LogP contribution in [-0.2, 0) is 15.7 Å². The molecular weight excluding hydrogens is 280 g/mol. The highest BCUT2D eigenvalue weighted by Crippen LogP contribution is 2.27. The van der Waals surface area contributed by atoms with Crippen molar-refractivity contribution >= 4 is 17.2 Å². The molecule has 1 unspecified atom stereocenters. The molecule has 1 amide bonds. The third-order valence-electron chi connectivity index (χ3n) is 3.72. The van der Waals surface area contributed by atoms with E-state index in [1.54, 1.807) is 18.3 Å². The molecule has 0 saturated heterocycles. The molecule has 3 N–H and O–H groups in total. The van der Waals surface area contributed by atoms with Crippen LogP contribution in [0.15, 0.2) is 47.8 Å². The predicted octanol–water partition coefficient (Wildman–Crippen LogP) is 3.02. The summed E-state index contributed by atoms with van der Waals surface area (Å²) in [6.07, 6.45) is 0. The monoisotopic (exact) mass is 302 g/mol. The first-order valence-electron chi connectivity index (χ1n) is 7.01. The van der Waals surface area contributed by atoms with Crippen LogP contribution < -0.4 is 11.1 Å². The molecular formula is C17H22N2OS. The Morgan fingerprint density at radius 3 is 2.38 bits per heavy atom. The van der Waals surface area contributed by atoms with Gasteiger partial charge in [-0.3, -0.25) is 4.79 Å². The van der Waals surface area contributed by atoms with Gasteiger partial charge in [0.05, 0.1) is 0 Å². The Kier molecular flexibility index (Phi) is 4.49. The number of carbonyl (C=O) groups excluding carboxylic acids is 1. The molecule has 2 rings (SSSR count). The Labute approximate surface area is 130 Å². The summed E-state index contributed by atoms with van der Waals surface area (Å²) in [7, 11) is 0. The Morgan fingerprint density at radius 2 is 1.81 bits per heavy atom. The molecule has 1 aromatic carbocycles. The second-order valence-corrected chi connectivity index (χ2v) is 7.06. The Balaban J connectivity index is 2.05. The van der Waals surface area contributed by atoms with E-state index < -0.39 is 5.54 Å². The molecule has 4 heteroatoms.